The average Bonchev–Trinajstić information content (AvgIpc) is 1.86. The van der Waals surface area contributed by atoms with Crippen molar-refractivity contribution < 1.29 is 14.6 Å². The fraction of sp³-hybridized carbons (Fsp3) is 0.625. The molecule has 0 aromatic heterocycles. The van der Waals surface area contributed by atoms with Crippen LogP contribution >= 0.6 is 0 Å². The van der Waals surface area contributed by atoms with Crippen LogP contribution in [0, 0.1) is 0 Å². The van der Waals surface area contributed by atoms with E-state index in [1.54, 1.807) is 6.92 Å². The fourth-order valence-electron chi connectivity index (χ4n) is 1.08. The molecule has 3 nitrogen and oxygen atoms in total. The zero-order chi connectivity index (χ0) is 8.48. The van der Waals surface area contributed by atoms with Crippen LogP contribution in [0.2, 0.25) is 0 Å². The monoisotopic (exact) mass is 156 g/mol. The smallest absolute Gasteiger partial charge is 0.309 e. The Morgan fingerprint density at radius 3 is 2.82 bits per heavy atom. The van der Waals surface area contributed by atoms with E-state index in [1.807, 2.05) is 0 Å². The summed E-state index contributed by atoms with van der Waals surface area (Å²) in [5, 5.41) is 9.72. The molecule has 0 bridgehead atoms. The highest BCUT2D eigenvalue weighted by molar-refractivity contribution is 5.72. The van der Waals surface area contributed by atoms with Gasteiger partial charge in [0, 0.05) is 6.42 Å². The first-order valence-corrected chi connectivity index (χ1v) is 3.58. The first kappa shape index (κ1) is 8.27. The van der Waals surface area contributed by atoms with E-state index in [2.05, 4.69) is 11.3 Å². The number of aliphatic hydroxyl groups is 1. The maximum Gasteiger partial charge on any atom is 0.309 e. The van der Waals surface area contributed by atoms with Gasteiger partial charge in [0.1, 0.15) is 0 Å². The predicted octanol–water partition coefficient (Wildman–Crippen LogP) is 0.631. The maximum atomic E-state index is 10.8. The molecule has 1 heterocycles. The van der Waals surface area contributed by atoms with Crippen molar-refractivity contribution in [1.82, 2.24) is 0 Å². The summed E-state index contributed by atoms with van der Waals surface area (Å²) in [6.45, 7) is 5.64. The lowest BCUT2D eigenvalue weighted by Crippen LogP contribution is -2.39. The van der Waals surface area contributed by atoms with Crippen molar-refractivity contribution in [2.75, 3.05) is 6.61 Å². The maximum absolute atomic E-state index is 10.8. The van der Waals surface area contributed by atoms with Crippen LogP contribution in [-0.2, 0) is 9.53 Å². The van der Waals surface area contributed by atoms with Crippen molar-refractivity contribution in [2.24, 2.45) is 0 Å². The fourth-order valence-corrected chi connectivity index (χ4v) is 1.08. The number of esters is 1. The number of hydrogen-bond donors (Lipinski definition) is 1. The van der Waals surface area contributed by atoms with Crippen molar-refractivity contribution in [2.45, 2.75) is 25.4 Å². The van der Waals surface area contributed by atoms with Crippen LogP contribution in [0.5, 0.6) is 0 Å². The minimum absolute atomic E-state index is 0.0440. The normalized spacial score (nSPS) is 31.3. The molecule has 0 amide bonds. The lowest BCUT2D eigenvalue weighted by atomic mass is 9.88. The van der Waals surface area contributed by atoms with Crippen LogP contribution in [0.3, 0.4) is 0 Å². The molecule has 11 heavy (non-hydrogen) atoms. The summed E-state index contributed by atoms with van der Waals surface area (Å²) in [5.41, 5.74) is -0.385. The second-order valence-electron chi connectivity index (χ2n) is 2.96. The number of rotatable bonds is 1. The van der Waals surface area contributed by atoms with Crippen molar-refractivity contribution in [3.8, 4) is 0 Å². The number of hydrogen-bond acceptors (Lipinski definition) is 3. The van der Waals surface area contributed by atoms with Crippen LogP contribution in [0.4, 0.5) is 0 Å². The Bertz CT molecular complexity index is 198. The molecule has 3 heteroatoms. The minimum atomic E-state index is -1.02. The van der Waals surface area contributed by atoms with Gasteiger partial charge in [0.25, 0.3) is 0 Å². The first-order chi connectivity index (χ1) is 5.04. The quantitative estimate of drug-likeness (QED) is 0.447. The van der Waals surface area contributed by atoms with Crippen molar-refractivity contribution in [3.63, 3.8) is 0 Å². The van der Waals surface area contributed by atoms with Gasteiger partial charge in [-0.1, -0.05) is 6.58 Å². The van der Waals surface area contributed by atoms with E-state index in [9.17, 15) is 9.90 Å². The van der Waals surface area contributed by atoms with Gasteiger partial charge in [0.05, 0.1) is 18.6 Å². The molecule has 1 fully saturated rings. The highest BCUT2D eigenvalue weighted by atomic mass is 16.5. The topological polar surface area (TPSA) is 46.5 Å². The average molecular weight is 156 g/mol. The molecule has 1 unspecified atom stereocenters. The highest BCUT2D eigenvalue weighted by Crippen LogP contribution is 2.27. The third kappa shape index (κ3) is 1.60. The SMILES string of the molecule is C=C(C)C1(O)CCOC(=O)C1. The molecule has 0 spiro atoms. The van der Waals surface area contributed by atoms with Gasteiger partial charge >= 0.3 is 5.97 Å². The van der Waals surface area contributed by atoms with Crippen molar-refractivity contribution in [1.29, 1.82) is 0 Å². The second kappa shape index (κ2) is 2.66. The van der Waals surface area contributed by atoms with E-state index in [0.29, 0.717) is 18.6 Å². The Hall–Kier alpha value is -0.830. The van der Waals surface area contributed by atoms with Gasteiger partial charge in [-0.25, -0.2) is 0 Å². The van der Waals surface area contributed by atoms with E-state index in [1.165, 1.54) is 0 Å². The molecule has 62 valence electrons. The van der Waals surface area contributed by atoms with E-state index < -0.39 is 5.60 Å². The Morgan fingerprint density at radius 1 is 1.82 bits per heavy atom. The molecule has 1 atom stereocenters. The van der Waals surface area contributed by atoms with Crippen LogP contribution in [0.1, 0.15) is 19.8 Å². The summed E-state index contributed by atoms with van der Waals surface area (Å²) < 4.78 is 4.68. The third-order valence-electron chi connectivity index (χ3n) is 2.01. The number of carbonyl (C=O) groups is 1. The van der Waals surface area contributed by atoms with Gasteiger partial charge in [-0.2, -0.15) is 0 Å². The molecule has 1 N–H and O–H groups in total. The summed E-state index contributed by atoms with van der Waals surface area (Å²) in [6, 6.07) is 0. The van der Waals surface area contributed by atoms with Gasteiger partial charge in [-0.3, -0.25) is 4.79 Å². The molecule has 1 saturated heterocycles. The summed E-state index contributed by atoms with van der Waals surface area (Å²) in [7, 11) is 0. The Labute approximate surface area is 65.7 Å². The molecular weight excluding hydrogens is 144 g/mol. The molecule has 1 aliphatic rings. The van der Waals surface area contributed by atoms with Crippen LogP contribution in [-0.4, -0.2) is 23.3 Å². The largest absolute Gasteiger partial charge is 0.465 e. The van der Waals surface area contributed by atoms with Crippen LogP contribution in [0.15, 0.2) is 12.2 Å². The third-order valence-corrected chi connectivity index (χ3v) is 2.01. The number of carbonyl (C=O) groups excluding carboxylic acids is 1. The van der Waals surface area contributed by atoms with E-state index in [4.69, 9.17) is 0 Å². The van der Waals surface area contributed by atoms with Crippen LogP contribution in [0.25, 0.3) is 0 Å². The number of cyclic esters (lactones) is 1. The molecule has 1 rings (SSSR count). The zero-order valence-corrected chi connectivity index (χ0v) is 6.59. The molecule has 0 radical (unpaired) electrons. The minimum Gasteiger partial charge on any atom is -0.465 e. The lowest BCUT2D eigenvalue weighted by Gasteiger charge is -2.31. The van der Waals surface area contributed by atoms with Gasteiger partial charge < -0.3 is 9.84 Å². The Kier molecular flexibility index (Phi) is 2.00. The highest BCUT2D eigenvalue weighted by Gasteiger charge is 2.35. The predicted molar refractivity (Wildman–Crippen MR) is 40.0 cm³/mol. The molecule has 0 aromatic rings. The Balaban J connectivity index is 2.70. The molecular formula is C8H12O3. The van der Waals surface area contributed by atoms with Crippen LogP contribution < -0.4 is 0 Å². The summed E-state index contributed by atoms with van der Waals surface area (Å²) in [4.78, 5) is 10.8. The zero-order valence-electron chi connectivity index (χ0n) is 6.59. The molecule has 0 aromatic carbocycles. The first-order valence-electron chi connectivity index (χ1n) is 3.58. The molecule has 0 saturated carbocycles. The van der Waals surface area contributed by atoms with Crippen molar-refractivity contribution in [3.05, 3.63) is 12.2 Å². The van der Waals surface area contributed by atoms with Gasteiger partial charge in [0.2, 0.25) is 0 Å². The van der Waals surface area contributed by atoms with Gasteiger partial charge in [-0.15, -0.1) is 0 Å². The second-order valence-corrected chi connectivity index (χ2v) is 2.96. The Morgan fingerprint density at radius 2 is 2.45 bits per heavy atom. The summed E-state index contributed by atoms with van der Waals surface area (Å²) in [6.07, 6.45) is 0.510. The van der Waals surface area contributed by atoms with Crippen molar-refractivity contribution >= 4 is 5.97 Å². The number of ether oxygens (including phenoxy) is 1. The van der Waals surface area contributed by atoms with Gasteiger partial charge in [0.15, 0.2) is 0 Å². The van der Waals surface area contributed by atoms with E-state index >= 15 is 0 Å². The van der Waals surface area contributed by atoms with E-state index in [0.717, 1.165) is 0 Å². The molecule has 1 aliphatic heterocycles. The summed E-state index contributed by atoms with van der Waals surface area (Å²) >= 11 is 0. The summed E-state index contributed by atoms with van der Waals surface area (Å²) in [5.74, 6) is -0.346. The van der Waals surface area contributed by atoms with E-state index in [-0.39, 0.29) is 12.4 Å². The van der Waals surface area contributed by atoms with Gasteiger partial charge in [-0.05, 0) is 12.5 Å². The lowest BCUT2D eigenvalue weighted by molar-refractivity contribution is -0.156. The molecule has 0 aliphatic carbocycles. The standard InChI is InChI=1S/C8H12O3/c1-6(2)8(10)3-4-11-7(9)5-8/h10H,1,3-5H2,2H3.